The summed E-state index contributed by atoms with van der Waals surface area (Å²) in [7, 11) is 0. The molecule has 1 saturated heterocycles. The minimum Gasteiger partial charge on any atom is -0.365 e. The molecule has 2 atom stereocenters. The Bertz CT molecular complexity index is 409. The molecular weight excluding hydrogens is 356 g/mol. The first kappa shape index (κ1) is 14.4. The van der Waals surface area contributed by atoms with Crippen LogP contribution in [0.5, 0.6) is 0 Å². The second-order valence-electron chi connectivity index (χ2n) is 4.99. The third kappa shape index (κ3) is 3.28. The SMILES string of the molecule is CCCC1CN(c2cc(Br)ccc2Br)C(C)CN1. The van der Waals surface area contributed by atoms with Crippen molar-refractivity contribution in [1.29, 1.82) is 0 Å². The van der Waals surface area contributed by atoms with Crippen molar-refractivity contribution in [3.63, 3.8) is 0 Å². The van der Waals surface area contributed by atoms with E-state index < -0.39 is 0 Å². The molecule has 0 amide bonds. The Labute approximate surface area is 126 Å². The number of rotatable bonds is 3. The van der Waals surface area contributed by atoms with Crippen molar-refractivity contribution < 1.29 is 0 Å². The van der Waals surface area contributed by atoms with E-state index in [-0.39, 0.29) is 0 Å². The van der Waals surface area contributed by atoms with E-state index in [1.54, 1.807) is 0 Å². The van der Waals surface area contributed by atoms with Gasteiger partial charge in [-0.2, -0.15) is 0 Å². The second-order valence-corrected chi connectivity index (χ2v) is 6.76. The highest BCUT2D eigenvalue weighted by atomic mass is 79.9. The summed E-state index contributed by atoms with van der Waals surface area (Å²) in [6.07, 6.45) is 2.48. The highest BCUT2D eigenvalue weighted by Gasteiger charge is 2.25. The van der Waals surface area contributed by atoms with Crippen LogP contribution in [-0.2, 0) is 0 Å². The normalized spacial score (nSPS) is 24.3. The molecule has 1 aliphatic rings. The van der Waals surface area contributed by atoms with Crippen LogP contribution in [0.25, 0.3) is 0 Å². The fourth-order valence-corrected chi connectivity index (χ4v) is 3.34. The standard InChI is InChI=1S/C14H20Br2N2/c1-3-4-12-9-18(10(2)8-17-12)14-7-11(15)5-6-13(14)16/h5-7,10,12,17H,3-4,8-9H2,1-2H3. The van der Waals surface area contributed by atoms with Gasteiger partial charge in [0, 0.05) is 34.1 Å². The van der Waals surface area contributed by atoms with Gasteiger partial charge < -0.3 is 10.2 Å². The maximum atomic E-state index is 3.67. The summed E-state index contributed by atoms with van der Waals surface area (Å²) in [5.41, 5.74) is 1.29. The zero-order valence-corrected chi connectivity index (χ0v) is 14.1. The van der Waals surface area contributed by atoms with Gasteiger partial charge >= 0.3 is 0 Å². The number of anilines is 1. The predicted octanol–water partition coefficient (Wildman–Crippen LogP) is 4.18. The van der Waals surface area contributed by atoms with E-state index in [0.717, 1.165) is 17.6 Å². The molecule has 0 saturated carbocycles. The van der Waals surface area contributed by atoms with Crippen LogP contribution in [0.1, 0.15) is 26.7 Å². The molecule has 1 aromatic rings. The van der Waals surface area contributed by atoms with Gasteiger partial charge in [-0.15, -0.1) is 0 Å². The molecule has 4 heteroatoms. The van der Waals surface area contributed by atoms with Gasteiger partial charge in [-0.05, 0) is 47.5 Å². The minimum absolute atomic E-state index is 0.531. The number of hydrogen-bond donors (Lipinski definition) is 1. The third-order valence-electron chi connectivity index (χ3n) is 3.51. The number of benzene rings is 1. The lowest BCUT2D eigenvalue weighted by Crippen LogP contribution is -2.55. The summed E-state index contributed by atoms with van der Waals surface area (Å²) in [6, 6.07) is 7.53. The summed E-state index contributed by atoms with van der Waals surface area (Å²) in [6.45, 7) is 6.68. The molecule has 0 aliphatic carbocycles. The van der Waals surface area contributed by atoms with Crippen LogP contribution in [-0.4, -0.2) is 25.2 Å². The summed E-state index contributed by atoms with van der Waals surface area (Å²) >= 11 is 7.24. The van der Waals surface area contributed by atoms with Gasteiger partial charge in [-0.1, -0.05) is 29.3 Å². The van der Waals surface area contributed by atoms with E-state index >= 15 is 0 Å². The highest BCUT2D eigenvalue weighted by molar-refractivity contribution is 9.11. The van der Waals surface area contributed by atoms with Crippen LogP contribution in [0.4, 0.5) is 5.69 Å². The van der Waals surface area contributed by atoms with Crippen molar-refractivity contribution in [1.82, 2.24) is 5.32 Å². The largest absolute Gasteiger partial charge is 0.365 e. The number of hydrogen-bond acceptors (Lipinski definition) is 2. The number of halogens is 2. The molecule has 18 heavy (non-hydrogen) atoms. The number of nitrogens with one attached hydrogen (secondary N) is 1. The predicted molar refractivity (Wildman–Crippen MR) is 85.3 cm³/mol. The average molecular weight is 376 g/mol. The van der Waals surface area contributed by atoms with Gasteiger partial charge in [-0.3, -0.25) is 0 Å². The van der Waals surface area contributed by atoms with Crippen molar-refractivity contribution in [3.05, 3.63) is 27.1 Å². The van der Waals surface area contributed by atoms with Crippen LogP contribution in [0.15, 0.2) is 27.1 Å². The molecular formula is C14H20Br2N2. The first-order valence-corrected chi connectivity index (χ1v) is 8.15. The molecule has 2 rings (SSSR count). The Kier molecular flexibility index (Phi) is 5.10. The van der Waals surface area contributed by atoms with Crippen molar-refractivity contribution in [2.24, 2.45) is 0 Å². The molecule has 0 spiro atoms. The van der Waals surface area contributed by atoms with Crippen molar-refractivity contribution in [2.45, 2.75) is 38.8 Å². The van der Waals surface area contributed by atoms with Crippen LogP contribution in [0, 0.1) is 0 Å². The monoisotopic (exact) mass is 374 g/mol. The second kappa shape index (κ2) is 6.40. The minimum atomic E-state index is 0.531. The Morgan fingerprint density at radius 3 is 2.89 bits per heavy atom. The zero-order valence-electron chi connectivity index (χ0n) is 10.9. The van der Waals surface area contributed by atoms with E-state index in [1.165, 1.54) is 23.0 Å². The van der Waals surface area contributed by atoms with Crippen molar-refractivity contribution in [3.8, 4) is 0 Å². The summed E-state index contributed by atoms with van der Waals surface area (Å²) in [5.74, 6) is 0. The van der Waals surface area contributed by atoms with Gasteiger partial charge in [0.1, 0.15) is 0 Å². The molecule has 2 unspecified atom stereocenters. The van der Waals surface area contributed by atoms with Crippen molar-refractivity contribution >= 4 is 37.5 Å². The van der Waals surface area contributed by atoms with Crippen LogP contribution >= 0.6 is 31.9 Å². The molecule has 0 bridgehead atoms. The van der Waals surface area contributed by atoms with Crippen LogP contribution < -0.4 is 10.2 Å². The number of piperazine rings is 1. The highest BCUT2D eigenvalue weighted by Crippen LogP contribution is 2.32. The van der Waals surface area contributed by atoms with E-state index in [1.807, 2.05) is 0 Å². The summed E-state index contributed by atoms with van der Waals surface area (Å²) < 4.78 is 2.31. The molecule has 2 nitrogen and oxygen atoms in total. The molecule has 1 heterocycles. The lowest BCUT2D eigenvalue weighted by atomic mass is 10.1. The fraction of sp³-hybridized carbons (Fsp3) is 0.571. The van der Waals surface area contributed by atoms with E-state index in [9.17, 15) is 0 Å². The molecule has 1 N–H and O–H groups in total. The van der Waals surface area contributed by atoms with Gasteiger partial charge in [0.25, 0.3) is 0 Å². The number of nitrogens with zero attached hydrogens (tertiary/aromatic N) is 1. The van der Waals surface area contributed by atoms with Gasteiger partial charge in [0.2, 0.25) is 0 Å². The smallest absolute Gasteiger partial charge is 0.0525 e. The maximum absolute atomic E-state index is 3.67. The third-order valence-corrected chi connectivity index (χ3v) is 4.67. The topological polar surface area (TPSA) is 15.3 Å². The zero-order chi connectivity index (χ0) is 13.1. The van der Waals surface area contributed by atoms with Gasteiger partial charge in [-0.25, -0.2) is 0 Å². The summed E-state index contributed by atoms with van der Waals surface area (Å²) in [4.78, 5) is 2.51. The Morgan fingerprint density at radius 1 is 1.39 bits per heavy atom. The summed E-state index contributed by atoms with van der Waals surface area (Å²) in [5, 5.41) is 3.63. The molecule has 0 radical (unpaired) electrons. The average Bonchev–Trinajstić information content (AvgIpc) is 2.35. The molecule has 1 aromatic carbocycles. The van der Waals surface area contributed by atoms with Gasteiger partial charge in [0.15, 0.2) is 0 Å². The van der Waals surface area contributed by atoms with Crippen LogP contribution in [0.3, 0.4) is 0 Å². The Morgan fingerprint density at radius 2 is 2.17 bits per heavy atom. The maximum Gasteiger partial charge on any atom is 0.0525 e. The van der Waals surface area contributed by atoms with E-state index in [2.05, 4.69) is 74.1 Å². The first-order valence-electron chi connectivity index (χ1n) is 6.57. The molecule has 0 aromatic heterocycles. The molecule has 1 fully saturated rings. The lowest BCUT2D eigenvalue weighted by Gasteiger charge is -2.41. The van der Waals surface area contributed by atoms with Crippen molar-refractivity contribution in [2.75, 3.05) is 18.0 Å². The molecule has 1 aliphatic heterocycles. The first-order chi connectivity index (χ1) is 8.61. The van der Waals surface area contributed by atoms with E-state index in [4.69, 9.17) is 0 Å². The molecule has 100 valence electrons. The van der Waals surface area contributed by atoms with Gasteiger partial charge in [0.05, 0.1) is 5.69 Å². The quantitative estimate of drug-likeness (QED) is 0.852. The Balaban J connectivity index is 2.21. The Hall–Kier alpha value is -0.0600. The van der Waals surface area contributed by atoms with Crippen LogP contribution in [0.2, 0.25) is 0 Å². The van der Waals surface area contributed by atoms with E-state index in [0.29, 0.717) is 12.1 Å². The lowest BCUT2D eigenvalue weighted by molar-refractivity contribution is 0.386. The fourth-order valence-electron chi connectivity index (χ4n) is 2.51.